The zero-order valence-electron chi connectivity index (χ0n) is 12.1. The molecule has 1 aliphatic heterocycles. The first-order chi connectivity index (χ1) is 10.6. The van der Waals surface area contributed by atoms with Crippen LogP contribution in [0.2, 0.25) is 5.02 Å². The van der Waals surface area contributed by atoms with Crippen LogP contribution in [0.3, 0.4) is 0 Å². The topological polar surface area (TPSA) is 29.5 Å². The Morgan fingerprint density at radius 2 is 2.05 bits per heavy atom. The first-order valence-electron chi connectivity index (χ1n) is 7.10. The van der Waals surface area contributed by atoms with Gasteiger partial charge >= 0.3 is 0 Å². The second-order valence-electron chi connectivity index (χ2n) is 5.12. The monoisotopic (exact) mass is 319 g/mol. The normalized spacial score (nSPS) is 16.0. The number of nitrogens with zero attached hydrogens (tertiary/aromatic N) is 1. The Morgan fingerprint density at radius 3 is 2.73 bits per heavy atom. The summed E-state index contributed by atoms with van der Waals surface area (Å²) in [7, 11) is 0. The van der Waals surface area contributed by atoms with Crippen molar-refractivity contribution in [2.24, 2.45) is 0 Å². The second-order valence-corrected chi connectivity index (χ2v) is 5.56. The van der Waals surface area contributed by atoms with Crippen LogP contribution in [0.5, 0.6) is 5.75 Å². The van der Waals surface area contributed by atoms with Crippen LogP contribution in [0.15, 0.2) is 42.5 Å². The van der Waals surface area contributed by atoms with Gasteiger partial charge in [-0.05, 0) is 55.0 Å². The Balaban J connectivity index is 1.80. The molecule has 22 heavy (non-hydrogen) atoms. The maximum Gasteiger partial charge on any atom is 0.268 e. The Kier molecular flexibility index (Phi) is 4.03. The molecule has 2 aromatic rings. The Bertz CT molecular complexity index is 702. The number of ether oxygens (including phenoxy) is 1. The Labute approximate surface area is 133 Å². The third-order valence-corrected chi connectivity index (χ3v) is 3.93. The van der Waals surface area contributed by atoms with Crippen molar-refractivity contribution in [1.29, 1.82) is 0 Å². The maximum absolute atomic E-state index is 13.0. The zero-order valence-corrected chi connectivity index (χ0v) is 12.8. The molecular weight excluding hydrogens is 305 g/mol. The summed E-state index contributed by atoms with van der Waals surface area (Å²) in [5.41, 5.74) is 1.59. The molecule has 1 heterocycles. The summed E-state index contributed by atoms with van der Waals surface area (Å²) in [5.74, 6) is 0.228. The number of hydrogen-bond acceptors (Lipinski definition) is 2. The molecule has 0 saturated carbocycles. The fourth-order valence-corrected chi connectivity index (χ4v) is 2.81. The summed E-state index contributed by atoms with van der Waals surface area (Å²) in [6.45, 7) is 2.36. The summed E-state index contributed by atoms with van der Waals surface area (Å²) in [4.78, 5) is 14.3. The Hall–Kier alpha value is -2.07. The van der Waals surface area contributed by atoms with Gasteiger partial charge in [-0.1, -0.05) is 11.6 Å². The molecule has 1 aliphatic rings. The summed E-state index contributed by atoms with van der Waals surface area (Å²) in [6, 6.07) is 11.2. The maximum atomic E-state index is 13.0. The van der Waals surface area contributed by atoms with Gasteiger partial charge in [-0.15, -0.1) is 0 Å². The van der Waals surface area contributed by atoms with Gasteiger partial charge in [0.1, 0.15) is 11.6 Å². The fourth-order valence-electron chi connectivity index (χ4n) is 2.62. The number of likely N-dealkylation sites (N-methyl/N-ethyl adjacent to an activating group) is 1. The minimum atomic E-state index is -0.571. The molecule has 3 nitrogen and oxygen atoms in total. The van der Waals surface area contributed by atoms with Gasteiger partial charge in [0, 0.05) is 23.7 Å². The third kappa shape index (κ3) is 2.79. The highest BCUT2D eigenvalue weighted by Gasteiger charge is 2.32. The van der Waals surface area contributed by atoms with Crippen molar-refractivity contribution in [2.75, 3.05) is 11.4 Å². The number of carbonyl (C=O) groups excluding carboxylic acids is 1. The molecule has 1 atom stereocenters. The minimum Gasteiger partial charge on any atom is -0.480 e. The molecule has 0 N–H and O–H groups in total. The Morgan fingerprint density at radius 1 is 1.32 bits per heavy atom. The summed E-state index contributed by atoms with van der Waals surface area (Å²) in [5, 5.41) is 0.626. The molecular formula is C17H15ClFNO2. The van der Waals surface area contributed by atoms with E-state index in [2.05, 4.69) is 0 Å². The van der Waals surface area contributed by atoms with Gasteiger partial charge in [0.25, 0.3) is 5.91 Å². The van der Waals surface area contributed by atoms with E-state index in [0.717, 1.165) is 5.56 Å². The van der Waals surface area contributed by atoms with Gasteiger partial charge in [0.15, 0.2) is 6.10 Å². The van der Waals surface area contributed by atoms with E-state index >= 15 is 0 Å². The van der Waals surface area contributed by atoms with E-state index < -0.39 is 6.10 Å². The lowest BCUT2D eigenvalue weighted by Gasteiger charge is -2.24. The second kappa shape index (κ2) is 5.97. The predicted molar refractivity (Wildman–Crippen MR) is 84.0 cm³/mol. The minimum absolute atomic E-state index is 0.138. The van der Waals surface area contributed by atoms with Crippen LogP contribution in [-0.4, -0.2) is 18.6 Å². The van der Waals surface area contributed by atoms with Gasteiger partial charge in [-0.25, -0.2) is 4.39 Å². The van der Waals surface area contributed by atoms with Crippen LogP contribution < -0.4 is 9.64 Å². The van der Waals surface area contributed by atoms with Crippen molar-refractivity contribution < 1.29 is 13.9 Å². The first-order valence-corrected chi connectivity index (χ1v) is 7.48. The largest absolute Gasteiger partial charge is 0.480 e. The SMILES string of the molecule is CCN(C(=O)C1Cc2cc(Cl)ccc2O1)c1ccc(F)cc1. The van der Waals surface area contributed by atoms with Gasteiger partial charge in [0.05, 0.1) is 0 Å². The molecule has 0 bridgehead atoms. The number of rotatable bonds is 3. The summed E-state index contributed by atoms with van der Waals surface area (Å²) >= 11 is 5.96. The molecule has 3 rings (SSSR count). The van der Waals surface area contributed by atoms with Crippen LogP contribution >= 0.6 is 11.6 Å². The average Bonchev–Trinajstić information content (AvgIpc) is 2.92. The number of fused-ring (bicyclic) bond motifs is 1. The highest BCUT2D eigenvalue weighted by molar-refractivity contribution is 6.30. The lowest BCUT2D eigenvalue weighted by atomic mass is 10.1. The van der Waals surface area contributed by atoms with Gasteiger partial charge in [0.2, 0.25) is 0 Å². The molecule has 0 aromatic heterocycles. The zero-order chi connectivity index (χ0) is 15.7. The molecule has 5 heteroatoms. The highest BCUT2D eigenvalue weighted by Crippen LogP contribution is 2.32. The molecule has 0 saturated heterocycles. The van der Waals surface area contributed by atoms with Crippen molar-refractivity contribution in [3.05, 3.63) is 58.9 Å². The molecule has 2 aromatic carbocycles. The number of benzene rings is 2. The molecule has 0 radical (unpaired) electrons. The molecule has 0 spiro atoms. The smallest absolute Gasteiger partial charge is 0.268 e. The number of halogens is 2. The summed E-state index contributed by atoms with van der Waals surface area (Å²) < 4.78 is 18.8. The number of anilines is 1. The molecule has 0 fully saturated rings. The van der Waals surface area contributed by atoms with Gasteiger partial charge in [-0.3, -0.25) is 4.79 Å². The van der Waals surface area contributed by atoms with E-state index in [4.69, 9.17) is 16.3 Å². The van der Waals surface area contributed by atoms with E-state index in [1.54, 1.807) is 29.2 Å². The lowest BCUT2D eigenvalue weighted by molar-refractivity contribution is -0.124. The van der Waals surface area contributed by atoms with Crippen LogP contribution in [-0.2, 0) is 11.2 Å². The van der Waals surface area contributed by atoms with E-state index in [9.17, 15) is 9.18 Å². The molecule has 114 valence electrons. The highest BCUT2D eigenvalue weighted by atomic mass is 35.5. The van der Waals surface area contributed by atoms with Crippen molar-refractivity contribution in [3.8, 4) is 5.75 Å². The van der Waals surface area contributed by atoms with Gasteiger partial charge in [-0.2, -0.15) is 0 Å². The standard InChI is InChI=1S/C17H15ClFNO2/c1-2-20(14-6-4-13(19)5-7-14)17(21)16-10-11-9-12(18)3-8-15(11)22-16/h3-9,16H,2,10H2,1H3. The van der Waals surface area contributed by atoms with E-state index in [0.29, 0.717) is 29.4 Å². The fraction of sp³-hybridized carbons (Fsp3) is 0.235. The van der Waals surface area contributed by atoms with Crippen LogP contribution in [0, 0.1) is 5.82 Å². The summed E-state index contributed by atoms with van der Waals surface area (Å²) in [6.07, 6.45) is -0.0784. The number of hydrogen-bond donors (Lipinski definition) is 0. The van der Waals surface area contributed by atoms with E-state index in [1.165, 1.54) is 12.1 Å². The molecule has 0 aliphatic carbocycles. The van der Waals surface area contributed by atoms with Crippen LogP contribution in [0.1, 0.15) is 12.5 Å². The number of carbonyl (C=O) groups is 1. The predicted octanol–water partition coefficient (Wildman–Crippen LogP) is 3.84. The van der Waals surface area contributed by atoms with Crippen LogP contribution in [0.25, 0.3) is 0 Å². The first kappa shape index (κ1) is 14.9. The quantitative estimate of drug-likeness (QED) is 0.860. The number of amides is 1. The van der Waals surface area contributed by atoms with Crippen molar-refractivity contribution in [2.45, 2.75) is 19.4 Å². The van der Waals surface area contributed by atoms with E-state index in [1.807, 2.05) is 13.0 Å². The van der Waals surface area contributed by atoms with Gasteiger partial charge < -0.3 is 9.64 Å². The molecule has 1 amide bonds. The van der Waals surface area contributed by atoms with Crippen LogP contribution in [0.4, 0.5) is 10.1 Å². The molecule has 1 unspecified atom stereocenters. The third-order valence-electron chi connectivity index (χ3n) is 3.69. The van der Waals surface area contributed by atoms with Crippen molar-refractivity contribution in [1.82, 2.24) is 0 Å². The lowest BCUT2D eigenvalue weighted by Crippen LogP contribution is -2.41. The van der Waals surface area contributed by atoms with Crippen molar-refractivity contribution >= 4 is 23.2 Å². The van der Waals surface area contributed by atoms with Crippen molar-refractivity contribution in [3.63, 3.8) is 0 Å². The van der Waals surface area contributed by atoms with E-state index in [-0.39, 0.29) is 11.7 Å². The average molecular weight is 320 g/mol.